The minimum atomic E-state index is 0.439. The third kappa shape index (κ3) is 4.67. The average molecular weight is 663 g/mol. The first-order valence-corrected chi connectivity index (χ1v) is 17.1. The predicted octanol–water partition coefficient (Wildman–Crippen LogP) is 13.0. The number of para-hydroxylation sites is 2. The van der Waals surface area contributed by atoms with Crippen LogP contribution >= 0.6 is 0 Å². The molecule has 0 radical (unpaired) electrons. The van der Waals surface area contributed by atoms with Crippen LogP contribution in [0.15, 0.2) is 167 Å². The molecule has 0 atom stereocenters. The summed E-state index contributed by atoms with van der Waals surface area (Å²) >= 11 is 0. The topological polar surface area (TPSA) is 73.9 Å². The fourth-order valence-corrected chi connectivity index (χ4v) is 7.70. The summed E-state index contributed by atoms with van der Waals surface area (Å²) in [6.45, 7) is 0. The van der Waals surface area contributed by atoms with Gasteiger partial charge in [-0.1, -0.05) is 91.0 Å². The lowest BCUT2D eigenvalue weighted by Crippen LogP contribution is -1.95. The lowest BCUT2D eigenvalue weighted by atomic mass is 9.85. The summed E-state index contributed by atoms with van der Waals surface area (Å²) in [6.07, 6.45) is 0. The molecule has 0 saturated heterocycles. The van der Waals surface area contributed by atoms with Gasteiger partial charge in [0.15, 0.2) is 0 Å². The van der Waals surface area contributed by atoms with E-state index in [2.05, 4.69) is 91.0 Å². The summed E-state index contributed by atoms with van der Waals surface area (Å²) in [5.41, 5.74) is 11.7. The van der Waals surface area contributed by atoms with E-state index in [0.29, 0.717) is 11.1 Å². The maximum atomic E-state index is 10.7. The maximum absolute atomic E-state index is 10.7. The highest BCUT2D eigenvalue weighted by atomic mass is 16.3. The maximum Gasteiger partial charge on any atom is 0.135 e. The number of nitriles is 2. The summed E-state index contributed by atoms with van der Waals surface area (Å²) in [7, 11) is 0. The highest BCUT2D eigenvalue weighted by Crippen LogP contribution is 2.43. The van der Waals surface area contributed by atoms with Gasteiger partial charge in [-0.25, -0.2) is 0 Å². The lowest BCUT2D eigenvalue weighted by Gasteiger charge is -2.17. The Morgan fingerprint density at radius 3 is 1.52 bits per heavy atom. The van der Waals surface area contributed by atoms with Crippen molar-refractivity contribution in [3.05, 3.63) is 169 Å². The molecule has 0 saturated carbocycles. The monoisotopic (exact) mass is 662 g/mol. The molecular formula is C48H26N2O2. The molecule has 10 aromatic rings. The van der Waals surface area contributed by atoms with Gasteiger partial charge in [0.1, 0.15) is 22.3 Å². The first-order valence-electron chi connectivity index (χ1n) is 17.1. The van der Waals surface area contributed by atoms with Crippen LogP contribution in [0.4, 0.5) is 0 Å². The van der Waals surface area contributed by atoms with E-state index in [1.54, 1.807) is 6.07 Å². The van der Waals surface area contributed by atoms with E-state index in [9.17, 15) is 10.5 Å². The van der Waals surface area contributed by atoms with Gasteiger partial charge in [0.25, 0.3) is 0 Å². The van der Waals surface area contributed by atoms with Crippen LogP contribution in [0.2, 0.25) is 0 Å². The molecule has 4 nitrogen and oxygen atoms in total. The molecule has 0 bridgehead atoms. The number of fused-ring (bicyclic) bond motifs is 7. The Hall–Kier alpha value is -7.40. The van der Waals surface area contributed by atoms with Gasteiger partial charge in [-0.15, -0.1) is 0 Å². The summed E-state index contributed by atoms with van der Waals surface area (Å²) < 4.78 is 12.4. The van der Waals surface area contributed by atoms with E-state index in [-0.39, 0.29) is 0 Å². The van der Waals surface area contributed by atoms with Crippen molar-refractivity contribution in [2.75, 3.05) is 0 Å². The third-order valence-corrected chi connectivity index (χ3v) is 10.1. The van der Waals surface area contributed by atoms with Gasteiger partial charge in [-0.3, -0.25) is 0 Å². The fraction of sp³-hybridized carbons (Fsp3) is 0. The Morgan fingerprint density at radius 1 is 0.365 bits per heavy atom. The molecule has 2 heterocycles. The standard InChI is InChI=1S/C48H26N2O2/c49-27-29-20-36(28-50)48(43(21-29)38-13-7-9-30-8-1-2-10-37(30)38)35-23-33(31-16-18-46-41(25-31)39-11-3-5-14-44(39)51-46)22-34(24-35)32-17-19-47-42(26-32)40-12-4-6-15-45(40)52-47/h1-26H. The Labute approximate surface area is 298 Å². The number of nitrogens with zero attached hydrogens (tertiary/aromatic N) is 2. The highest BCUT2D eigenvalue weighted by Gasteiger charge is 2.20. The molecule has 0 N–H and O–H groups in total. The molecule has 0 fully saturated rings. The number of benzene rings is 8. The molecule has 2 aromatic heterocycles. The summed E-state index contributed by atoms with van der Waals surface area (Å²) in [5, 5.41) is 27.1. The minimum absolute atomic E-state index is 0.439. The van der Waals surface area contributed by atoms with Crippen LogP contribution in [-0.4, -0.2) is 0 Å². The van der Waals surface area contributed by atoms with Crippen LogP contribution in [0.5, 0.6) is 0 Å². The second-order valence-corrected chi connectivity index (χ2v) is 13.1. The molecule has 4 heteroatoms. The zero-order valence-corrected chi connectivity index (χ0v) is 27.7. The van der Waals surface area contributed by atoms with Gasteiger partial charge in [-0.05, 0) is 116 Å². The number of hydrogen-bond donors (Lipinski definition) is 0. The van der Waals surface area contributed by atoms with Crippen molar-refractivity contribution in [1.29, 1.82) is 10.5 Å². The predicted molar refractivity (Wildman–Crippen MR) is 210 cm³/mol. The van der Waals surface area contributed by atoms with Crippen molar-refractivity contribution < 1.29 is 8.83 Å². The molecular weight excluding hydrogens is 637 g/mol. The zero-order chi connectivity index (χ0) is 34.8. The summed E-state index contributed by atoms with van der Waals surface area (Å²) in [5.74, 6) is 0. The first kappa shape index (κ1) is 29.5. The molecule has 240 valence electrons. The normalized spacial score (nSPS) is 11.4. The molecule has 0 spiro atoms. The molecule has 10 rings (SSSR count). The Balaban J connectivity index is 1.27. The van der Waals surface area contributed by atoms with Crippen LogP contribution in [0, 0.1) is 22.7 Å². The lowest BCUT2D eigenvalue weighted by molar-refractivity contribution is 0.668. The van der Waals surface area contributed by atoms with E-state index in [1.165, 1.54) is 0 Å². The van der Waals surface area contributed by atoms with Crippen molar-refractivity contribution in [2.24, 2.45) is 0 Å². The van der Waals surface area contributed by atoms with Crippen molar-refractivity contribution in [3.8, 4) is 56.6 Å². The van der Waals surface area contributed by atoms with E-state index >= 15 is 0 Å². The SMILES string of the molecule is N#Cc1cc(C#N)c(-c2cc(-c3ccc4oc5ccccc5c4c3)cc(-c3ccc4oc5ccccc5c4c3)c2)c(-c2cccc3ccccc23)c1. The van der Waals surface area contributed by atoms with E-state index < -0.39 is 0 Å². The van der Waals surface area contributed by atoms with Crippen molar-refractivity contribution in [2.45, 2.75) is 0 Å². The van der Waals surface area contributed by atoms with Crippen molar-refractivity contribution in [1.82, 2.24) is 0 Å². The summed E-state index contributed by atoms with van der Waals surface area (Å²) in [6, 6.07) is 58.1. The third-order valence-electron chi connectivity index (χ3n) is 10.1. The van der Waals surface area contributed by atoms with Crippen molar-refractivity contribution in [3.63, 3.8) is 0 Å². The Morgan fingerprint density at radius 2 is 0.904 bits per heavy atom. The van der Waals surface area contributed by atoms with Crippen LogP contribution in [0.3, 0.4) is 0 Å². The molecule has 8 aromatic carbocycles. The van der Waals surface area contributed by atoms with Gasteiger partial charge < -0.3 is 8.83 Å². The smallest absolute Gasteiger partial charge is 0.135 e. The van der Waals surface area contributed by atoms with E-state index in [4.69, 9.17) is 8.83 Å². The van der Waals surface area contributed by atoms with E-state index in [0.717, 1.165) is 99.2 Å². The molecule has 0 aliphatic heterocycles. The van der Waals surface area contributed by atoms with Crippen LogP contribution in [0.1, 0.15) is 11.1 Å². The van der Waals surface area contributed by atoms with E-state index in [1.807, 2.05) is 72.8 Å². The number of rotatable bonds is 4. The van der Waals surface area contributed by atoms with Gasteiger partial charge >= 0.3 is 0 Å². The molecule has 0 amide bonds. The second kappa shape index (κ2) is 11.6. The molecule has 0 unspecified atom stereocenters. The fourth-order valence-electron chi connectivity index (χ4n) is 7.70. The zero-order valence-electron chi connectivity index (χ0n) is 27.7. The average Bonchev–Trinajstić information content (AvgIpc) is 3.77. The Bertz CT molecular complexity index is 3030. The minimum Gasteiger partial charge on any atom is -0.456 e. The highest BCUT2D eigenvalue weighted by molar-refractivity contribution is 6.08. The quantitative estimate of drug-likeness (QED) is 0.188. The largest absolute Gasteiger partial charge is 0.456 e. The molecule has 52 heavy (non-hydrogen) atoms. The second-order valence-electron chi connectivity index (χ2n) is 13.1. The first-order chi connectivity index (χ1) is 25.6. The van der Waals surface area contributed by atoms with Gasteiger partial charge in [0, 0.05) is 27.1 Å². The van der Waals surface area contributed by atoms with Crippen LogP contribution < -0.4 is 0 Å². The van der Waals surface area contributed by atoms with Gasteiger partial charge in [0.05, 0.1) is 23.3 Å². The van der Waals surface area contributed by atoms with Crippen LogP contribution in [-0.2, 0) is 0 Å². The number of furan rings is 2. The van der Waals surface area contributed by atoms with Gasteiger partial charge in [0.2, 0.25) is 0 Å². The van der Waals surface area contributed by atoms with Crippen molar-refractivity contribution >= 4 is 54.6 Å². The Kier molecular flexibility index (Phi) is 6.58. The summed E-state index contributed by atoms with van der Waals surface area (Å²) in [4.78, 5) is 0. The molecule has 0 aliphatic rings. The molecule has 0 aliphatic carbocycles. The van der Waals surface area contributed by atoms with Gasteiger partial charge in [-0.2, -0.15) is 10.5 Å². The van der Waals surface area contributed by atoms with Crippen LogP contribution in [0.25, 0.3) is 99.2 Å². The number of hydrogen-bond acceptors (Lipinski definition) is 4.